The van der Waals surface area contributed by atoms with Crippen molar-refractivity contribution >= 4 is 20.0 Å². The molecular weight excluding hydrogens is 456 g/mol. The molecule has 2 aliphatic rings. The molecule has 1 spiro atoms. The summed E-state index contributed by atoms with van der Waals surface area (Å²) in [5, 5.41) is 9.20. The first-order valence-corrected chi connectivity index (χ1v) is 13.1. The quantitative estimate of drug-likeness (QED) is 0.662. The molecule has 2 fully saturated rings. The molecule has 2 aromatic rings. The van der Waals surface area contributed by atoms with Crippen LogP contribution in [0.25, 0.3) is 0 Å². The van der Waals surface area contributed by atoms with Gasteiger partial charge in [-0.25, -0.2) is 16.8 Å². The Balaban J connectivity index is 1.63. The van der Waals surface area contributed by atoms with Crippen molar-refractivity contribution in [3.05, 3.63) is 54.1 Å². The number of aliphatic hydroxyl groups excluding tert-OH is 1. The fraction of sp³-hybridized carbons (Fsp3) is 0.429. The minimum Gasteiger partial charge on any atom is -0.497 e. The topological polar surface area (TPSA) is 113 Å². The van der Waals surface area contributed by atoms with E-state index in [-0.39, 0.29) is 42.6 Å². The van der Waals surface area contributed by atoms with E-state index in [1.807, 2.05) is 0 Å². The highest BCUT2D eigenvalue weighted by Gasteiger charge is 2.53. The normalized spacial score (nSPS) is 22.9. The summed E-state index contributed by atoms with van der Waals surface area (Å²) in [7, 11) is -6.27. The third-order valence-corrected chi connectivity index (χ3v) is 9.73. The van der Waals surface area contributed by atoms with E-state index >= 15 is 0 Å². The Kier molecular flexibility index (Phi) is 6.31. The van der Waals surface area contributed by atoms with E-state index in [0.717, 1.165) is 0 Å². The number of nitrogens with zero attached hydrogens (tertiary/aromatic N) is 2. The van der Waals surface area contributed by atoms with Crippen LogP contribution < -0.4 is 4.74 Å². The Labute approximate surface area is 188 Å². The van der Waals surface area contributed by atoms with Crippen LogP contribution in [0.3, 0.4) is 0 Å². The van der Waals surface area contributed by atoms with Crippen LogP contribution in [-0.2, 0) is 31.4 Å². The Bertz CT molecular complexity index is 1170. The van der Waals surface area contributed by atoms with E-state index in [9.17, 15) is 21.9 Å². The van der Waals surface area contributed by atoms with Crippen molar-refractivity contribution in [1.82, 2.24) is 8.61 Å². The largest absolute Gasteiger partial charge is 0.497 e. The molecule has 0 aromatic heterocycles. The lowest BCUT2D eigenvalue weighted by molar-refractivity contribution is -0.0818. The van der Waals surface area contributed by atoms with Crippen LogP contribution >= 0.6 is 0 Å². The highest BCUT2D eigenvalue weighted by molar-refractivity contribution is 7.89. The molecule has 0 bridgehead atoms. The smallest absolute Gasteiger partial charge is 0.245 e. The number of piperidine rings is 1. The van der Waals surface area contributed by atoms with Crippen LogP contribution in [-0.4, -0.2) is 69.6 Å². The number of aliphatic hydroxyl groups is 1. The maximum atomic E-state index is 13.4. The zero-order valence-corrected chi connectivity index (χ0v) is 19.3. The van der Waals surface area contributed by atoms with Gasteiger partial charge in [-0.05, 0) is 54.8 Å². The molecule has 11 heteroatoms. The van der Waals surface area contributed by atoms with Crippen LogP contribution in [0.1, 0.15) is 18.4 Å². The number of methoxy groups -OCH3 is 1. The molecule has 2 heterocycles. The van der Waals surface area contributed by atoms with Crippen LogP contribution in [0.4, 0.5) is 0 Å². The summed E-state index contributed by atoms with van der Waals surface area (Å²) in [6.45, 7) is 0.333. The molecule has 0 amide bonds. The maximum absolute atomic E-state index is 13.4. The van der Waals surface area contributed by atoms with Crippen molar-refractivity contribution in [1.29, 1.82) is 0 Å². The SMILES string of the molecule is COc1ccc(S(=O)(=O)N2CCOC23CCCN(S(=O)(=O)c2ccc(CO)cc2)C3)cc1. The second-order valence-corrected chi connectivity index (χ2v) is 11.6. The zero-order chi connectivity index (χ0) is 23.0. The molecule has 1 N–H and O–H groups in total. The standard InChI is InChI=1S/C21H26N2O7S2/c1-29-18-5-9-20(10-6-18)32(27,28)23-13-14-30-21(23)11-2-12-22(16-21)31(25,26)19-7-3-17(15-24)4-8-19/h3-10,24H,2,11-16H2,1H3. The van der Waals surface area contributed by atoms with Gasteiger partial charge in [-0.15, -0.1) is 0 Å². The summed E-state index contributed by atoms with van der Waals surface area (Å²) in [4.78, 5) is 0.192. The second kappa shape index (κ2) is 8.73. The second-order valence-electron chi connectivity index (χ2n) is 7.79. The molecule has 4 rings (SSSR count). The Morgan fingerprint density at radius 3 is 2.22 bits per heavy atom. The molecule has 1 unspecified atom stereocenters. The number of hydrogen-bond donors (Lipinski definition) is 1. The molecule has 1 atom stereocenters. The molecule has 2 aromatic carbocycles. The third-order valence-electron chi connectivity index (χ3n) is 5.91. The minimum absolute atomic E-state index is 0.0908. The summed E-state index contributed by atoms with van der Waals surface area (Å²) >= 11 is 0. The van der Waals surface area contributed by atoms with E-state index in [2.05, 4.69) is 0 Å². The van der Waals surface area contributed by atoms with Crippen LogP contribution in [0, 0.1) is 0 Å². The van der Waals surface area contributed by atoms with E-state index in [1.165, 1.54) is 40.0 Å². The maximum Gasteiger partial charge on any atom is 0.245 e. The van der Waals surface area contributed by atoms with Crippen LogP contribution in [0.15, 0.2) is 58.3 Å². The zero-order valence-electron chi connectivity index (χ0n) is 17.7. The lowest BCUT2D eigenvalue weighted by Gasteiger charge is -2.43. The Morgan fingerprint density at radius 1 is 0.969 bits per heavy atom. The molecule has 0 aliphatic carbocycles. The molecule has 2 saturated heterocycles. The summed E-state index contributed by atoms with van der Waals surface area (Å²) in [6.07, 6.45) is 0.862. The fourth-order valence-corrected chi connectivity index (χ4v) is 7.42. The molecule has 174 valence electrons. The molecule has 0 saturated carbocycles. The van der Waals surface area contributed by atoms with Gasteiger partial charge in [0.25, 0.3) is 0 Å². The van der Waals surface area contributed by atoms with E-state index in [4.69, 9.17) is 9.47 Å². The molecule has 32 heavy (non-hydrogen) atoms. The van der Waals surface area contributed by atoms with Gasteiger partial charge >= 0.3 is 0 Å². The Morgan fingerprint density at radius 2 is 1.59 bits per heavy atom. The fourth-order valence-electron chi connectivity index (χ4n) is 4.22. The summed E-state index contributed by atoms with van der Waals surface area (Å²) in [5.41, 5.74) is -0.648. The average Bonchev–Trinajstić information content (AvgIpc) is 3.22. The van der Waals surface area contributed by atoms with Gasteiger partial charge in [-0.3, -0.25) is 0 Å². The number of sulfonamides is 2. The minimum atomic E-state index is -3.91. The van der Waals surface area contributed by atoms with Gasteiger partial charge < -0.3 is 14.6 Å². The lowest BCUT2D eigenvalue weighted by Crippen LogP contribution is -2.59. The summed E-state index contributed by atoms with van der Waals surface area (Å²) < 4.78 is 66.9. The molecule has 2 aliphatic heterocycles. The van der Waals surface area contributed by atoms with Crippen LogP contribution in [0.2, 0.25) is 0 Å². The van der Waals surface area contributed by atoms with Crippen molar-refractivity contribution in [2.75, 3.05) is 33.4 Å². The lowest BCUT2D eigenvalue weighted by atomic mass is 10.0. The monoisotopic (exact) mass is 482 g/mol. The van der Waals surface area contributed by atoms with E-state index in [0.29, 0.717) is 24.2 Å². The first-order valence-electron chi connectivity index (χ1n) is 10.2. The predicted octanol–water partition coefficient (Wildman–Crippen LogP) is 1.39. The van der Waals surface area contributed by atoms with Gasteiger partial charge in [0.1, 0.15) is 11.5 Å². The van der Waals surface area contributed by atoms with Crippen molar-refractivity contribution in [3.63, 3.8) is 0 Å². The number of ether oxygens (including phenoxy) is 2. The summed E-state index contributed by atoms with van der Waals surface area (Å²) in [6, 6.07) is 12.1. The van der Waals surface area contributed by atoms with Crippen molar-refractivity contribution in [2.45, 2.75) is 35.0 Å². The van der Waals surface area contributed by atoms with Crippen LogP contribution in [0.5, 0.6) is 5.75 Å². The molecule has 0 radical (unpaired) electrons. The molecule has 9 nitrogen and oxygen atoms in total. The van der Waals surface area contributed by atoms with Gasteiger partial charge in [-0.1, -0.05) is 12.1 Å². The van der Waals surface area contributed by atoms with Gasteiger partial charge in [-0.2, -0.15) is 8.61 Å². The number of hydrogen-bond acceptors (Lipinski definition) is 7. The van der Waals surface area contributed by atoms with Crippen molar-refractivity contribution in [2.24, 2.45) is 0 Å². The number of benzene rings is 2. The van der Waals surface area contributed by atoms with Gasteiger partial charge in [0.2, 0.25) is 20.0 Å². The predicted molar refractivity (Wildman–Crippen MR) is 116 cm³/mol. The third kappa shape index (κ3) is 4.04. The van der Waals surface area contributed by atoms with E-state index < -0.39 is 25.8 Å². The first kappa shape index (κ1) is 23.1. The highest BCUT2D eigenvalue weighted by atomic mass is 32.2. The number of rotatable bonds is 6. The summed E-state index contributed by atoms with van der Waals surface area (Å²) in [5.74, 6) is 0.540. The van der Waals surface area contributed by atoms with Gasteiger partial charge in [0.05, 0.1) is 36.7 Å². The van der Waals surface area contributed by atoms with Gasteiger partial charge in [0.15, 0.2) is 0 Å². The van der Waals surface area contributed by atoms with Crippen molar-refractivity contribution in [3.8, 4) is 5.75 Å². The average molecular weight is 483 g/mol. The van der Waals surface area contributed by atoms with E-state index in [1.54, 1.807) is 24.3 Å². The Hall–Kier alpha value is -2.02. The van der Waals surface area contributed by atoms with Gasteiger partial charge in [0, 0.05) is 13.1 Å². The highest BCUT2D eigenvalue weighted by Crippen LogP contribution is 2.39. The van der Waals surface area contributed by atoms with Crippen molar-refractivity contribution < 1.29 is 31.4 Å². The first-order chi connectivity index (χ1) is 15.2. The molecular formula is C21H26N2O7S2.